The van der Waals surface area contributed by atoms with Gasteiger partial charge < -0.3 is 14.5 Å². The van der Waals surface area contributed by atoms with Gasteiger partial charge in [-0.25, -0.2) is 0 Å². The average molecular weight is 254 g/mol. The van der Waals surface area contributed by atoms with Gasteiger partial charge in [0.1, 0.15) is 5.75 Å². The fourth-order valence-corrected chi connectivity index (χ4v) is 1.97. The molecule has 96 valence electrons. The van der Waals surface area contributed by atoms with Crippen molar-refractivity contribution in [3.63, 3.8) is 0 Å². The van der Waals surface area contributed by atoms with Crippen molar-refractivity contribution in [1.82, 2.24) is 4.98 Å². The fourth-order valence-electron chi connectivity index (χ4n) is 1.97. The highest BCUT2D eigenvalue weighted by Gasteiger charge is 2.10. The predicted molar refractivity (Wildman–Crippen MR) is 75.0 cm³/mol. The molecular weight excluding hydrogens is 240 g/mol. The molecule has 0 aliphatic rings. The molecule has 0 saturated carbocycles. The van der Waals surface area contributed by atoms with E-state index in [-0.39, 0.29) is 0 Å². The number of nitrogens with one attached hydrogen (secondary N) is 1. The molecule has 3 rings (SSSR count). The standard InChI is InChI=1S/C15H14N2O2/c1-10-6-3-4-7-11(10)16-15-17-14-12(18-2)8-5-9-13(14)19-15/h3-9H,1-2H3,(H,16,17). The summed E-state index contributed by atoms with van der Waals surface area (Å²) >= 11 is 0. The SMILES string of the molecule is COc1cccc2oc(Nc3ccccc3C)nc12. The van der Waals surface area contributed by atoms with Crippen molar-refractivity contribution in [1.29, 1.82) is 0 Å². The minimum absolute atomic E-state index is 0.466. The lowest BCUT2D eigenvalue weighted by Gasteiger charge is -2.04. The molecule has 1 N–H and O–H groups in total. The summed E-state index contributed by atoms with van der Waals surface area (Å²) in [6.07, 6.45) is 0. The molecule has 19 heavy (non-hydrogen) atoms. The van der Waals surface area contributed by atoms with E-state index in [0.29, 0.717) is 17.3 Å². The van der Waals surface area contributed by atoms with Crippen molar-refractivity contribution in [2.75, 3.05) is 12.4 Å². The second-order valence-corrected chi connectivity index (χ2v) is 4.27. The third kappa shape index (κ3) is 2.12. The normalized spacial score (nSPS) is 10.6. The maximum absolute atomic E-state index is 5.67. The number of rotatable bonds is 3. The first-order chi connectivity index (χ1) is 9.28. The highest BCUT2D eigenvalue weighted by molar-refractivity contribution is 5.81. The van der Waals surface area contributed by atoms with Crippen LogP contribution >= 0.6 is 0 Å². The van der Waals surface area contributed by atoms with E-state index < -0.39 is 0 Å². The van der Waals surface area contributed by atoms with E-state index >= 15 is 0 Å². The molecule has 1 heterocycles. The molecule has 0 unspecified atom stereocenters. The molecule has 0 atom stereocenters. The van der Waals surface area contributed by atoms with Crippen LogP contribution in [0, 0.1) is 6.92 Å². The Hall–Kier alpha value is -2.49. The lowest BCUT2D eigenvalue weighted by molar-refractivity contribution is 0.419. The van der Waals surface area contributed by atoms with Crippen LogP contribution in [-0.4, -0.2) is 12.1 Å². The number of aryl methyl sites for hydroxylation is 1. The van der Waals surface area contributed by atoms with Crippen LogP contribution in [0.3, 0.4) is 0 Å². The molecule has 1 aromatic heterocycles. The summed E-state index contributed by atoms with van der Waals surface area (Å²) < 4.78 is 10.9. The summed E-state index contributed by atoms with van der Waals surface area (Å²) in [7, 11) is 1.62. The Morgan fingerprint density at radius 2 is 1.95 bits per heavy atom. The Kier molecular flexibility index (Phi) is 2.83. The van der Waals surface area contributed by atoms with Gasteiger partial charge in [-0.1, -0.05) is 24.3 Å². The first-order valence-corrected chi connectivity index (χ1v) is 6.04. The summed E-state index contributed by atoms with van der Waals surface area (Å²) in [5, 5.41) is 3.18. The van der Waals surface area contributed by atoms with Crippen LogP contribution in [0.25, 0.3) is 11.1 Å². The minimum atomic E-state index is 0.466. The molecule has 0 aliphatic heterocycles. The van der Waals surface area contributed by atoms with Gasteiger partial charge in [0, 0.05) is 5.69 Å². The lowest BCUT2D eigenvalue weighted by atomic mass is 10.2. The van der Waals surface area contributed by atoms with Gasteiger partial charge in [-0.2, -0.15) is 4.98 Å². The number of ether oxygens (including phenoxy) is 1. The molecule has 4 nitrogen and oxygen atoms in total. The third-order valence-corrected chi connectivity index (χ3v) is 2.99. The van der Waals surface area contributed by atoms with Crippen molar-refractivity contribution >= 4 is 22.8 Å². The van der Waals surface area contributed by atoms with Gasteiger partial charge in [0.05, 0.1) is 7.11 Å². The first kappa shape index (κ1) is 11.6. The highest BCUT2D eigenvalue weighted by atomic mass is 16.5. The number of benzene rings is 2. The van der Waals surface area contributed by atoms with Crippen LogP contribution in [0.4, 0.5) is 11.7 Å². The zero-order valence-corrected chi connectivity index (χ0v) is 10.8. The molecule has 0 aliphatic carbocycles. The Balaban J connectivity index is 2.00. The summed E-state index contributed by atoms with van der Waals surface area (Å²) in [5.41, 5.74) is 3.54. The molecule has 0 spiro atoms. The van der Waals surface area contributed by atoms with E-state index in [1.54, 1.807) is 7.11 Å². The third-order valence-electron chi connectivity index (χ3n) is 2.99. The summed E-state index contributed by atoms with van der Waals surface area (Å²) in [5.74, 6) is 0.707. The topological polar surface area (TPSA) is 47.3 Å². The van der Waals surface area contributed by atoms with Crippen LogP contribution < -0.4 is 10.1 Å². The number of hydrogen-bond acceptors (Lipinski definition) is 4. The van der Waals surface area contributed by atoms with Crippen molar-refractivity contribution in [3.05, 3.63) is 48.0 Å². The number of fused-ring (bicyclic) bond motifs is 1. The largest absolute Gasteiger partial charge is 0.494 e. The van der Waals surface area contributed by atoms with Crippen molar-refractivity contribution in [2.24, 2.45) is 0 Å². The number of hydrogen-bond donors (Lipinski definition) is 1. The summed E-state index contributed by atoms with van der Waals surface area (Å²) in [6.45, 7) is 2.03. The number of aromatic nitrogens is 1. The van der Waals surface area contributed by atoms with Crippen LogP contribution in [-0.2, 0) is 0 Å². The lowest BCUT2D eigenvalue weighted by Crippen LogP contribution is -1.92. The van der Waals surface area contributed by atoms with Crippen LogP contribution in [0.5, 0.6) is 5.75 Å². The van der Waals surface area contributed by atoms with E-state index in [0.717, 1.165) is 16.8 Å². The van der Waals surface area contributed by atoms with Crippen molar-refractivity contribution in [2.45, 2.75) is 6.92 Å². The van der Waals surface area contributed by atoms with Gasteiger partial charge in [-0.15, -0.1) is 0 Å². The average Bonchev–Trinajstić information content (AvgIpc) is 2.83. The molecular formula is C15H14N2O2. The minimum Gasteiger partial charge on any atom is -0.494 e. The fraction of sp³-hybridized carbons (Fsp3) is 0.133. The van der Waals surface area contributed by atoms with E-state index in [1.165, 1.54) is 0 Å². The van der Waals surface area contributed by atoms with E-state index in [9.17, 15) is 0 Å². The Morgan fingerprint density at radius 3 is 2.74 bits per heavy atom. The van der Waals surface area contributed by atoms with Crippen molar-refractivity contribution in [3.8, 4) is 5.75 Å². The highest BCUT2D eigenvalue weighted by Crippen LogP contribution is 2.29. The number of methoxy groups -OCH3 is 1. The van der Waals surface area contributed by atoms with Gasteiger partial charge in [0.15, 0.2) is 11.1 Å². The van der Waals surface area contributed by atoms with Gasteiger partial charge in [-0.05, 0) is 30.7 Å². The number of nitrogens with zero attached hydrogens (tertiary/aromatic N) is 1. The molecule has 4 heteroatoms. The maximum Gasteiger partial charge on any atom is 0.300 e. The molecule has 0 radical (unpaired) electrons. The van der Waals surface area contributed by atoms with Gasteiger partial charge in [-0.3, -0.25) is 0 Å². The summed E-state index contributed by atoms with van der Waals surface area (Å²) in [6, 6.07) is 14.1. The second kappa shape index (κ2) is 4.65. The zero-order chi connectivity index (χ0) is 13.2. The van der Waals surface area contributed by atoms with Gasteiger partial charge in [0.25, 0.3) is 6.01 Å². The first-order valence-electron chi connectivity index (χ1n) is 6.04. The van der Waals surface area contributed by atoms with Gasteiger partial charge >= 0.3 is 0 Å². The van der Waals surface area contributed by atoms with Gasteiger partial charge in [0.2, 0.25) is 0 Å². The number of para-hydroxylation sites is 2. The van der Waals surface area contributed by atoms with E-state index in [4.69, 9.17) is 9.15 Å². The van der Waals surface area contributed by atoms with E-state index in [1.807, 2.05) is 49.4 Å². The van der Waals surface area contributed by atoms with Crippen LogP contribution in [0.1, 0.15) is 5.56 Å². The van der Waals surface area contributed by atoms with Crippen LogP contribution in [0.2, 0.25) is 0 Å². The molecule has 3 aromatic rings. The smallest absolute Gasteiger partial charge is 0.300 e. The Labute approximate surface area is 111 Å². The van der Waals surface area contributed by atoms with E-state index in [2.05, 4.69) is 10.3 Å². The Morgan fingerprint density at radius 1 is 1.11 bits per heavy atom. The molecule has 0 bridgehead atoms. The molecule has 0 amide bonds. The molecule has 2 aromatic carbocycles. The van der Waals surface area contributed by atoms with Crippen LogP contribution in [0.15, 0.2) is 46.9 Å². The zero-order valence-electron chi connectivity index (χ0n) is 10.8. The summed E-state index contributed by atoms with van der Waals surface area (Å²) in [4.78, 5) is 4.42. The quantitative estimate of drug-likeness (QED) is 0.770. The monoisotopic (exact) mass is 254 g/mol. The second-order valence-electron chi connectivity index (χ2n) is 4.27. The van der Waals surface area contributed by atoms with Crippen molar-refractivity contribution < 1.29 is 9.15 Å². The maximum atomic E-state index is 5.67. The number of anilines is 2. The number of oxazole rings is 1. The molecule has 0 fully saturated rings. The Bertz CT molecular complexity index is 719. The predicted octanol–water partition coefficient (Wildman–Crippen LogP) is 3.89. The molecule has 0 saturated heterocycles.